The first-order valence-corrected chi connectivity index (χ1v) is 13.1. The molecule has 2 N–H and O–H groups in total. The zero-order valence-corrected chi connectivity index (χ0v) is 20.8. The zero-order valence-electron chi connectivity index (χ0n) is 20.8. The minimum absolute atomic E-state index is 0.112. The van der Waals surface area contributed by atoms with E-state index in [1.54, 1.807) is 23.5 Å². The van der Waals surface area contributed by atoms with Crippen LogP contribution in [0.5, 0.6) is 0 Å². The van der Waals surface area contributed by atoms with E-state index in [1.165, 1.54) is 12.5 Å². The average molecular weight is 488 g/mol. The molecule has 1 aliphatic carbocycles. The van der Waals surface area contributed by atoms with Gasteiger partial charge in [-0.3, -0.25) is 19.5 Å². The van der Waals surface area contributed by atoms with Crippen LogP contribution in [0.4, 0.5) is 4.79 Å². The molecule has 0 atom stereocenters. The number of ether oxygens (including phenoxy) is 1. The zero-order chi connectivity index (χ0) is 24.6. The molecule has 1 aliphatic heterocycles. The van der Waals surface area contributed by atoms with E-state index in [1.807, 2.05) is 12.1 Å². The molecule has 0 aromatic carbocycles. The SMILES string of the molecule is O=C(C=Cc1cccnc1)NCCCCCNC(=O)N(OCCN1CCOCC1)C1CCCCC1. The van der Waals surface area contributed by atoms with E-state index in [0.717, 1.165) is 83.4 Å². The molecule has 1 aromatic heterocycles. The van der Waals surface area contributed by atoms with E-state index in [4.69, 9.17) is 9.57 Å². The fourth-order valence-electron chi connectivity index (χ4n) is 4.36. The second-order valence-corrected chi connectivity index (χ2v) is 9.11. The highest BCUT2D eigenvalue weighted by molar-refractivity contribution is 5.91. The van der Waals surface area contributed by atoms with E-state index in [0.29, 0.717) is 19.7 Å². The van der Waals surface area contributed by atoms with Crippen LogP contribution in [0.25, 0.3) is 6.08 Å². The lowest BCUT2D eigenvalue weighted by Crippen LogP contribution is -2.48. The third-order valence-electron chi connectivity index (χ3n) is 6.39. The van der Waals surface area contributed by atoms with Gasteiger partial charge in [0.2, 0.25) is 5.91 Å². The van der Waals surface area contributed by atoms with E-state index in [-0.39, 0.29) is 18.0 Å². The fourth-order valence-corrected chi connectivity index (χ4v) is 4.36. The summed E-state index contributed by atoms with van der Waals surface area (Å²) in [5, 5.41) is 7.53. The van der Waals surface area contributed by atoms with Crippen LogP contribution in [-0.2, 0) is 14.4 Å². The van der Waals surface area contributed by atoms with Crippen molar-refractivity contribution in [1.29, 1.82) is 0 Å². The highest BCUT2D eigenvalue weighted by Gasteiger charge is 2.26. The molecule has 3 amide bonds. The van der Waals surface area contributed by atoms with Crippen molar-refractivity contribution in [1.82, 2.24) is 25.6 Å². The maximum atomic E-state index is 12.9. The summed E-state index contributed by atoms with van der Waals surface area (Å²) in [5.41, 5.74) is 0.894. The van der Waals surface area contributed by atoms with Gasteiger partial charge in [-0.2, -0.15) is 0 Å². The number of hydroxylamine groups is 2. The molecule has 35 heavy (non-hydrogen) atoms. The van der Waals surface area contributed by atoms with Gasteiger partial charge in [0.05, 0.1) is 25.9 Å². The van der Waals surface area contributed by atoms with Gasteiger partial charge in [-0.05, 0) is 49.8 Å². The van der Waals surface area contributed by atoms with E-state index in [2.05, 4.69) is 20.5 Å². The largest absolute Gasteiger partial charge is 0.379 e. The molecular formula is C26H41N5O4. The Kier molecular flexibility index (Phi) is 12.6. The van der Waals surface area contributed by atoms with Gasteiger partial charge in [-0.15, -0.1) is 0 Å². The van der Waals surface area contributed by atoms with Gasteiger partial charge in [0.25, 0.3) is 0 Å². The Morgan fingerprint density at radius 2 is 1.89 bits per heavy atom. The molecule has 0 radical (unpaired) electrons. The van der Waals surface area contributed by atoms with Crippen LogP contribution < -0.4 is 10.6 Å². The summed E-state index contributed by atoms with van der Waals surface area (Å²) < 4.78 is 5.40. The summed E-state index contributed by atoms with van der Waals surface area (Å²) >= 11 is 0. The first-order valence-electron chi connectivity index (χ1n) is 13.1. The summed E-state index contributed by atoms with van der Waals surface area (Å²) in [6.45, 7) is 5.90. The molecule has 1 aromatic rings. The Hall–Kier alpha value is -2.49. The first kappa shape index (κ1) is 27.1. The number of pyridine rings is 1. The van der Waals surface area contributed by atoms with E-state index < -0.39 is 0 Å². The molecular weight excluding hydrogens is 446 g/mol. The highest BCUT2D eigenvalue weighted by Crippen LogP contribution is 2.23. The molecule has 2 fully saturated rings. The Bertz CT molecular complexity index is 764. The molecule has 2 heterocycles. The molecule has 0 unspecified atom stereocenters. The summed E-state index contributed by atoms with van der Waals surface area (Å²) in [6.07, 6.45) is 14.9. The minimum atomic E-state index is -0.132. The van der Waals surface area contributed by atoms with Crippen LogP contribution in [-0.4, -0.2) is 85.5 Å². The minimum Gasteiger partial charge on any atom is -0.379 e. The highest BCUT2D eigenvalue weighted by atomic mass is 16.7. The van der Waals surface area contributed by atoms with Crippen molar-refractivity contribution in [2.24, 2.45) is 0 Å². The lowest BCUT2D eigenvalue weighted by atomic mass is 9.95. The summed E-state index contributed by atoms with van der Waals surface area (Å²) in [5.74, 6) is -0.112. The van der Waals surface area contributed by atoms with Crippen molar-refractivity contribution in [2.75, 3.05) is 52.5 Å². The standard InChI is InChI=1S/C26H41N5O4/c32-25(12-11-23-8-7-13-27-22-23)28-14-5-2-6-15-29-26(33)31(24-9-3-1-4-10-24)35-21-18-30-16-19-34-20-17-30/h7-8,11-13,22,24H,1-6,9-10,14-21H2,(H,28,32)(H,29,33). The smallest absolute Gasteiger partial charge is 0.341 e. The number of hydrogen-bond acceptors (Lipinski definition) is 6. The number of unbranched alkanes of at least 4 members (excludes halogenated alkanes) is 2. The third-order valence-corrected chi connectivity index (χ3v) is 6.39. The van der Waals surface area contributed by atoms with E-state index in [9.17, 15) is 9.59 Å². The number of morpholine rings is 1. The van der Waals surface area contributed by atoms with Gasteiger partial charge in [0.15, 0.2) is 0 Å². The Morgan fingerprint density at radius 3 is 2.63 bits per heavy atom. The van der Waals surface area contributed by atoms with Gasteiger partial charge in [0, 0.05) is 51.2 Å². The van der Waals surface area contributed by atoms with Crippen molar-refractivity contribution >= 4 is 18.0 Å². The number of hydrogen-bond donors (Lipinski definition) is 2. The molecule has 2 aliphatic rings. The van der Waals surface area contributed by atoms with Crippen LogP contribution in [0.1, 0.15) is 56.9 Å². The summed E-state index contributed by atoms with van der Waals surface area (Å²) in [7, 11) is 0. The lowest BCUT2D eigenvalue weighted by Gasteiger charge is -2.34. The molecule has 9 nitrogen and oxygen atoms in total. The van der Waals surface area contributed by atoms with Crippen molar-refractivity contribution in [2.45, 2.75) is 57.4 Å². The maximum absolute atomic E-state index is 12.9. The van der Waals surface area contributed by atoms with Gasteiger partial charge in [-0.1, -0.05) is 25.3 Å². The van der Waals surface area contributed by atoms with Gasteiger partial charge >= 0.3 is 6.03 Å². The van der Waals surface area contributed by atoms with Crippen LogP contribution >= 0.6 is 0 Å². The first-order chi connectivity index (χ1) is 17.2. The quantitative estimate of drug-likeness (QED) is 0.252. The second-order valence-electron chi connectivity index (χ2n) is 9.11. The Balaban J connectivity index is 1.28. The summed E-state index contributed by atoms with van der Waals surface area (Å²) in [6, 6.07) is 3.76. The van der Waals surface area contributed by atoms with Gasteiger partial charge in [0.1, 0.15) is 0 Å². The fraction of sp³-hybridized carbons (Fsp3) is 0.654. The van der Waals surface area contributed by atoms with Crippen LogP contribution in [0.15, 0.2) is 30.6 Å². The number of carbonyl (C=O) groups is 2. The van der Waals surface area contributed by atoms with Crippen molar-refractivity contribution in [3.8, 4) is 0 Å². The maximum Gasteiger partial charge on any atom is 0.341 e. The monoisotopic (exact) mass is 487 g/mol. The number of urea groups is 1. The number of aromatic nitrogens is 1. The summed E-state index contributed by atoms with van der Waals surface area (Å²) in [4.78, 5) is 37.1. The molecule has 9 heteroatoms. The molecule has 1 saturated heterocycles. The molecule has 3 rings (SSSR count). The van der Waals surface area contributed by atoms with Crippen LogP contribution in [0, 0.1) is 0 Å². The number of carbonyl (C=O) groups excluding carboxylic acids is 2. The Morgan fingerprint density at radius 1 is 1.11 bits per heavy atom. The normalized spacial score (nSPS) is 17.4. The van der Waals surface area contributed by atoms with Crippen molar-refractivity contribution in [3.05, 3.63) is 36.2 Å². The molecule has 1 saturated carbocycles. The van der Waals surface area contributed by atoms with Crippen LogP contribution in [0.3, 0.4) is 0 Å². The lowest BCUT2D eigenvalue weighted by molar-refractivity contribution is -0.155. The predicted molar refractivity (Wildman–Crippen MR) is 135 cm³/mol. The van der Waals surface area contributed by atoms with Gasteiger partial charge in [-0.25, -0.2) is 9.86 Å². The number of amides is 3. The van der Waals surface area contributed by atoms with Gasteiger partial charge < -0.3 is 15.4 Å². The van der Waals surface area contributed by atoms with Crippen LogP contribution in [0.2, 0.25) is 0 Å². The molecule has 0 bridgehead atoms. The predicted octanol–water partition coefficient (Wildman–Crippen LogP) is 2.99. The average Bonchev–Trinajstić information content (AvgIpc) is 2.91. The number of rotatable bonds is 13. The molecule has 194 valence electrons. The Labute approximate surface area is 209 Å². The number of nitrogens with zero attached hydrogens (tertiary/aromatic N) is 3. The number of nitrogens with one attached hydrogen (secondary N) is 2. The third kappa shape index (κ3) is 10.8. The topological polar surface area (TPSA) is 96.0 Å². The van der Waals surface area contributed by atoms with Crippen molar-refractivity contribution in [3.63, 3.8) is 0 Å². The second kappa shape index (κ2) is 16.2. The molecule has 0 spiro atoms. The van der Waals surface area contributed by atoms with E-state index >= 15 is 0 Å². The van der Waals surface area contributed by atoms with Crippen molar-refractivity contribution < 1.29 is 19.2 Å².